The second-order valence-electron chi connectivity index (χ2n) is 17.9. The van der Waals surface area contributed by atoms with Crippen molar-refractivity contribution in [3.05, 3.63) is 82.6 Å². The highest BCUT2D eigenvalue weighted by molar-refractivity contribution is 7.16. The number of fused-ring (bicyclic) bond motifs is 1. The number of aromatic nitrogens is 5. The van der Waals surface area contributed by atoms with Gasteiger partial charge in [0.05, 0.1) is 42.4 Å². The maximum atomic E-state index is 15.2. The van der Waals surface area contributed by atoms with Crippen molar-refractivity contribution in [1.82, 2.24) is 30.0 Å². The Bertz CT molecular complexity index is 2300. The number of benzene rings is 2. The van der Waals surface area contributed by atoms with E-state index in [4.69, 9.17) is 44.1 Å². The summed E-state index contributed by atoms with van der Waals surface area (Å²) in [7, 11) is -1.12. The van der Waals surface area contributed by atoms with Crippen LogP contribution in [-0.4, -0.2) is 102 Å². The maximum Gasteiger partial charge on any atom is 0.322 e. The molecule has 5 heterocycles. The predicted molar refractivity (Wildman–Crippen MR) is 232 cm³/mol. The van der Waals surface area contributed by atoms with Crippen LogP contribution in [0.1, 0.15) is 82.7 Å². The first-order valence-electron chi connectivity index (χ1n) is 20.7. The monoisotopic (exact) mass is 851 g/mol. The van der Waals surface area contributed by atoms with Crippen molar-refractivity contribution >= 4 is 41.0 Å². The van der Waals surface area contributed by atoms with Crippen LogP contribution in [0.2, 0.25) is 5.04 Å². The average molecular weight is 852 g/mol. The smallest absolute Gasteiger partial charge is 0.322 e. The molecule has 0 spiro atoms. The number of nitriles is 1. The van der Waals surface area contributed by atoms with E-state index < -0.39 is 37.7 Å². The third kappa shape index (κ3) is 7.59. The van der Waals surface area contributed by atoms with Crippen molar-refractivity contribution in [2.75, 3.05) is 50.5 Å². The quantitative estimate of drug-likeness (QED) is 0.162. The molecule has 8 rings (SSSR count). The molecule has 3 aromatic heterocycles. The second kappa shape index (κ2) is 16.2. The summed E-state index contributed by atoms with van der Waals surface area (Å²) >= 11 is 1.44. The maximum absolute atomic E-state index is 15.2. The normalized spacial score (nSPS) is 24.4. The Hall–Kier alpha value is -4.79. The molecule has 316 valence electrons. The highest BCUT2D eigenvalue weighted by Gasteiger charge is 2.54. The molecule has 1 unspecified atom stereocenters. The first-order valence-corrected chi connectivity index (χ1v) is 23.5. The lowest BCUT2D eigenvalue weighted by molar-refractivity contribution is -0.000405. The van der Waals surface area contributed by atoms with Gasteiger partial charge in [-0.25, -0.2) is 4.39 Å². The van der Waals surface area contributed by atoms with Crippen LogP contribution in [0.4, 0.5) is 15.3 Å². The van der Waals surface area contributed by atoms with Crippen LogP contribution in [0, 0.1) is 11.3 Å². The van der Waals surface area contributed by atoms with Gasteiger partial charge in [-0.15, -0.1) is 11.3 Å². The molecule has 2 fully saturated rings. The fourth-order valence-electron chi connectivity index (χ4n) is 9.54. The molecule has 0 radical (unpaired) electrons. The molecule has 60 heavy (non-hydrogen) atoms. The van der Waals surface area contributed by atoms with E-state index in [0.717, 1.165) is 33.7 Å². The number of hydrogen-bond acceptors (Lipinski definition) is 14. The Morgan fingerprint density at radius 1 is 1.02 bits per heavy atom. The van der Waals surface area contributed by atoms with Gasteiger partial charge in [-0.1, -0.05) is 86.6 Å². The SMILES string of the molecule is CC(Oc1nc(-c2noc([C@@]3(C)CCCc4sc(N)c(C#N)c43)n2)nc(N2CCOC[C@@](C)(O[Si](c3ccccc3)(c3ccccc3)C(C)(C)C)C2)n1)[C@@H]1[C@H](F)CCN1C. The lowest BCUT2D eigenvalue weighted by Gasteiger charge is -2.48. The number of hydrogen-bond donors (Lipinski definition) is 1. The molecule has 2 saturated heterocycles. The number of halogens is 1. The van der Waals surface area contributed by atoms with Gasteiger partial charge in [-0.05, 0) is 68.9 Å². The Morgan fingerprint density at radius 2 is 1.72 bits per heavy atom. The molecule has 13 nitrogen and oxygen atoms in total. The fourth-order valence-corrected chi connectivity index (χ4v) is 15.5. The minimum Gasteiger partial charge on any atom is -0.459 e. The molecule has 0 amide bonds. The van der Waals surface area contributed by atoms with Gasteiger partial charge in [0, 0.05) is 23.5 Å². The number of ether oxygens (including phenoxy) is 2. The number of alkyl halides is 1. The number of nitrogen functional groups attached to an aromatic ring is 1. The van der Waals surface area contributed by atoms with E-state index in [1.54, 1.807) is 0 Å². The number of nitrogens with zero attached hydrogens (tertiary/aromatic N) is 8. The fraction of sp³-hybridized carbons (Fsp3) is 0.500. The third-order valence-corrected chi connectivity index (χ3v) is 18.7. The van der Waals surface area contributed by atoms with Crippen LogP contribution >= 0.6 is 11.3 Å². The van der Waals surface area contributed by atoms with Gasteiger partial charge in [0.25, 0.3) is 8.32 Å². The molecule has 5 atom stereocenters. The second-order valence-corrected chi connectivity index (χ2v) is 23.2. The van der Waals surface area contributed by atoms with E-state index in [0.29, 0.717) is 68.1 Å². The lowest BCUT2D eigenvalue weighted by atomic mass is 9.72. The molecule has 5 aromatic rings. The van der Waals surface area contributed by atoms with Gasteiger partial charge in [0.1, 0.15) is 23.3 Å². The first kappa shape index (κ1) is 41.9. The topological polar surface area (TPSA) is 162 Å². The number of likely N-dealkylation sites (N-methyl/N-ethyl adjacent to an activating group) is 1. The standard InChI is InChI=1S/C44H54FN9O4SSi/c1-28(35-32(45)20-22-53(35)7)56-41-50-37(38-48-39(57-52-38)44(6)21-14-19-33-34(44)31(25-46)36(47)59-33)49-40(51-41)54-23-24-55-27-43(5,26-54)58-60(42(2,3)4,29-15-10-8-11-16-29)30-17-12-9-13-18-30/h8-13,15-18,28,32,35H,14,19-24,26-27,47H2,1-7H3/t28?,32-,35-,43+,44+/m1/s1. The minimum absolute atomic E-state index is 0.0182. The summed E-state index contributed by atoms with van der Waals surface area (Å²) in [5.41, 5.74) is 6.05. The van der Waals surface area contributed by atoms with E-state index in [2.05, 4.69) is 87.5 Å². The summed E-state index contributed by atoms with van der Waals surface area (Å²) in [4.78, 5) is 24.5. The van der Waals surface area contributed by atoms with Crippen LogP contribution in [0.25, 0.3) is 11.6 Å². The largest absolute Gasteiger partial charge is 0.459 e. The van der Waals surface area contributed by atoms with E-state index >= 15 is 4.39 Å². The average Bonchev–Trinajstić information content (AvgIpc) is 3.91. The lowest BCUT2D eigenvalue weighted by Crippen LogP contribution is -2.70. The molecular formula is C44H54FN9O4SSi. The summed E-state index contributed by atoms with van der Waals surface area (Å²) < 4.78 is 41.7. The van der Waals surface area contributed by atoms with E-state index in [9.17, 15) is 5.26 Å². The molecule has 0 saturated carbocycles. The van der Waals surface area contributed by atoms with Crippen molar-refractivity contribution in [1.29, 1.82) is 5.26 Å². The Labute approximate surface area is 356 Å². The highest BCUT2D eigenvalue weighted by Crippen LogP contribution is 2.49. The van der Waals surface area contributed by atoms with Crippen LogP contribution in [0.15, 0.2) is 65.2 Å². The van der Waals surface area contributed by atoms with Crippen molar-refractivity contribution in [3.63, 3.8) is 0 Å². The molecule has 1 aliphatic carbocycles. The van der Waals surface area contributed by atoms with Gasteiger partial charge in [0.15, 0.2) is 0 Å². The number of likely N-dealkylation sites (tertiary alicyclic amines) is 1. The molecular weight excluding hydrogens is 798 g/mol. The van der Waals surface area contributed by atoms with Gasteiger partial charge in [0.2, 0.25) is 23.5 Å². The predicted octanol–water partition coefficient (Wildman–Crippen LogP) is 6.06. The zero-order chi connectivity index (χ0) is 42.5. The van der Waals surface area contributed by atoms with Crippen LogP contribution in [0.5, 0.6) is 6.01 Å². The summed E-state index contributed by atoms with van der Waals surface area (Å²) in [5.74, 6) is 0.933. The summed E-state index contributed by atoms with van der Waals surface area (Å²) in [6, 6.07) is 22.9. The third-order valence-electron chi connectivity index (χ3n) is 12.4. The van der Waals surface area contributed by atoms with E-state index in [1.807, 2.05) is 42.8 Å². The molecule has 2 aromatic carbocycles. The number of rotatable bonds is 10. The Kier molecular flexibility index (Phi) is 11.3. The van der Waals surface area contributed by atoms with Crippen LogP contribution in [0.3, 0.4) is 0 Å². The molecule has 16 heteroatoms. The number of anilines is 2. The summed E-state index contributed by atoms with van der Waals surface area (Å²) in [6.07, 6.45) is 1.17. The molecule has 0 bridgehead atoms. The number of nitrogens with two attached hydrogens (primary N) is 1. The van der Waals surface area contributed by atoms with E-state index in [1.165, 1.54) is 11.3 Å². The number of thiophene rings is 1. The van der Waals surface area contributed by atoms with Gasteiger partial charge < -0.3 is 29.1 Å². The van der Waals surface area contributed by atoms with Crippen molar-refractivity contribution in [2.24, 2.45) is 0 Å². The zero-order valence-electron chi connectivity index (χ0n) is 35.4. The van der Waals surface area contributed by atoms with Crippen molar-refractivity contribution < 1.29 is 22.8 Å². The van der Waals surface area contributed by atoms with Crippen molar-refractivity contribution in [2.45, 2.75) is 102 Å². The minimum atomic E-state index is -3.02. The van der Waals surface area contributed by atoms with Crippen LogP contribution < -0.4 is 25.7 Å². The summed E-state index contributed by atoms with van der Waals surface area (Å²) in [5, 5.41) is 17.0. The van der Waals surface area contributed by atoms with E-state index in [-0.39, 0.29) is 22.7 Å². The summed E-state index contributed by atoms with van der Waals surface area (Å²) in [6.45, 7) is 14.9. The molecule has 3 aliphatic rings. The molecule has 2 aliphatic heterocycles. The van der Waals surface area contributed by atoms with Gasteiger partial charge in [-0.2, -0.15) is 25.2 Å². The Balaban J connectivity index is 1.19. The zero-order valence-corrected chi connectivity index (χ0v) is 37.3. The molecule has 2 N–H and O–H groups in total. The highest BCUT2D eigenvalue weighted by atomic mass is 32.1. The van der Waals surface area contributed by atoms with Crippen molar-refractivity contribution in [3.8, 4) is 23.7 Å². The van der Waals surface area contributed by atoms with Gasteiger partial charge >= 0.3 is 6.01 Å². The number of aryl methyl sites for hydroxylation is 1. The first-order chi connectivity index (χ1) is 28.7. The van der Waals surface area contributed by atoms with Crippen LogP contribution in [-0.2, 0) is 21.0 Å². The Morgan fingerprint density at radius 3 is 2.35 bits per heavy atom. The van der Waals surface area contributed by atoms with Gasteiger partial charge in [-0.3, -0.25) is 4.90 Å².